The van der Waals surface area contributed by atoms with Gasteiger partial charge in [-0.3, -0.25) is 0 Å². The first-order chi connectivity index (χ1) is 10.1. The number of ether oxygens (including phenoxy) is 2. The van der Waals surface area contributed by atoms with Gasteiger partial charge in [0.15, 0.2) is 11.9 Å². The lowest BCUT2D eigenvalue weighted by Gasteiger charge is -2.20. The number of benzene rings is 1. The van der Waals surface area contributed by atoms with Crippen LogP contribution in [0.3, 0.4) is 0 Å². The second kappa shape index (κ2) is 6.09. The zero-order valence-electron chi connectivity index (χ0n) is 11.4. The van der Waals surface area contributed by atoms with Crippen molar-refractivity contribution < 1.29 is 9.47 Å². The van der Waals surface area contributed by atoms with Crippen LogP contribution >= 0.6 is 23.4 Å². The van der Waals surface area contributed by atoms with Crippen LogP contribution in [-0.4, -0.2) is 16.8 Å². The molecule has 1 aliphatic heterocycles. The molecule has 1 aromatic carbocycles. The molecule has 7 heteroatoms. The number of halogens is 1. The summed E-state index contributed by atoms with van der Waals surface area (Å²) >= 11 is 7.64. The number of hydrogen-bond donors (Lipinski definition) is 1. The first kappa shape index (κ1) is 14.4. The molecule has 0 saturated heterocycles. The molecule has 2 aromatic rings. The van der Waals surface area contributed by atoms with Crippen molar-refractivity contribution in [1.29, 1.82) is 0 Å². The van der Waals surface area contributed by atoms with Crippen LogP contribution in [0.15, 0.2) is 23.4 Å². The largest absolute Gasteiger partial charge is 0.467 e. The number of nitrogens with two attached hydrogens (primary N) is 1. The minimum absolute atomic E-state index is 0.264. The number of thioether (sulfide) groups is 1. The first-order valence-corrected chi connectivity index (χ1v) is 7.74. The second-order valence-electron chi connectivity index (χ2n) is 4.67. The molecule has 0 amide bonds. The lowest BCUT2D eigenvalue weighted by molar-refractivity contribution is -0.0168. The lowest BCUT2D eigenvalue weighted by Crippen LogP contribution is -2.13. The van der Waals surface area contributed by atoms with E-state index in [9.17, 15) is 0 Å². The Morgan fingerprint density at radius 2 is 2.19 bits per heavy atom. The standard InChI is InChI=1S/C14H14ClN3O2S/c1-8-2-12(16)18-14(17-8)21-6-10-4-11(15)3-9-5-19-7-20-13(9)10/h2-4H,5-7H2,1H3,(H2,16,17,18). The van der Waals surface area contributed by atoms with Gasteiger partial charge in [0.05, 0.1) is 6.61 Å². The van der Waals surface area contributed by atoms with Gasteiger partial charge in [-0.05, 0) is 19.1 Å². The molecule has 0 saturated carbocycles. The van der Waals surface area contributed by atoms with Gasteiger partial charge >= 0.3 is 0 Å². The van der Waals surface area contributed by atoms with Crippen molar-refractivity contribution in [2.75, 3.05) is 12.5 Å². The Bertz CT molecular complexity index is 661. The average molecular weight is 324 g/mol. The maximum atomic E-state index is 6.14. The Morgan fingerprint density at radius 3 is 3.00 bits per heavy atom. The monoisotopic (exact) mass is 323 g/mol. The predicted molar refractivity (Wildman–Crippen MR) is 82.5 cm³/mol. The van der Waals surface area contributed by atoms with Crippen LogP contribution in [0.4, 0.5) is 5.82 Å². The van der Waals surface area contributed by atoms with Gasteiger partial charge in [0.25, 0.3) is 0 Å². The van der Waals surface area contributed by atoms with E-state index in [4.69, 9.17) is 26.8 Å². The smallest absolute Gasteiger partial charge is 0.190 e. The molecular weight excluding hydrogens is 310 g/mol. The number of fused-ring (bicyclic) bond motifs is 1. The number of aryl methyl sites for hydroxylation is 1. The third-order valence-corrected chi connectivity index (χ3v) is 4.08. The summed E-state index contributed by atoms with van der Waals surface area (Å²) < 4.78 is 10.9. The fourth-order valence-electron chi connectivity index (χ4n) is 2.14. The van der Waals surface area contributed by atoms with E-state index in [0.717, 1.165) is 22.6 Å². The van der Waals surface area contributed by atoms with E-state index >= 15 is 0 Å². The summed E-state index contributed by atoms with van der Waals surface area (Å²) in [6.45, 7) is 2.67. The summed E-state index contributed by atoms with van der Waals surface area (Å²) in [5.41, 5.74) is 8.56. The number of nitrogens with zero attached hydrogens (tertiary/aromatic N) is 2. The van der Waals surface area contributed by atoms with Crippen molar-refractivity contribution in [3.8, 4) is 5.75 Å². The SMILES string of the molecule is Cc1cc(N)nc(SCc2cc(Cl)cc3c2OCOC3)n1. The number of aromatic nitrogens is 2. The highest BCUT2D eigenvalue weighted by Gasteiger charge is 2.17. The van der Waals surface area contributed by atoms with Crippen LogP contribution in [0.25, 0.3) is 0 Å². The third kappa shape index (κ3) is 3.40. The van der Waals surface area contributed by atoms with Gasteiger partial charge in [0.2, 0.25) is 0 Å². The molecule has 0 fully saturated rings. The van der Waals surface area contributed by atoms with E-state index in [2.05, 4.69) is 9.97 Å². The molecule has 1 aliphatic rings. The summed E-state index contributed by atoms with van der Waals surface area (Å²) in [6.07, 6.45) is 0. The topological polar surface area (TPSA) is 70.3 Å². The average Bonchev–Trinajstić information content (AvgIpc) is 2.43. The molecule has 21 heavy (non-hydrogen) atoms. The van der Waals surface area contributed by atoms with Crippen molar-refractivity contribution >= 4 is 29.2 Å². The fraction of sp³-hybridized carbons (Fsp3) is 0.286. The van der Waals surface area contributed by atoms with Crippen LogP contribution in [0.1, 0.15) is 16.8 Å². The first-order valence-electron chi connectivity index (χ1n) is 6.37. The van der Waals surface area contributed by atoms with E-state index in [0.29, 0.717) is 28.4 Å². The number of rotatable bonds is 3. The highest BCUT2D eigenvalue weighted by atomic mass is 35.5. The molecule has 0 radical (unpaired) electrons. The predicted octanol–water partition coefficient (Wildman–Crippen LogP) is 3.18. The Labute approximate surface area is 131 Å². The molecule has 0 unspecified atom stereocenters. The lowest BCUT2D eigenvalue weighted by atomic mass is 10.1. The van der Waals surface area contributed by atoms with Crippen molar-refractivity contribution in [3.05, 3.63) is 40.0 Å². The molecule has 2 heterocycles. The molecular formula is C14H14ClN3O2S. The molecule has 3 rings (SSSR count). The minimum Gasteiger partial charge on any atom is -0.467 e. The van der Waals surface area contributed by atoms with E-state index in [1.54, 1.807) is 6.07 Å². The minimum atomic E-state index is 0.264. The summed E-state index contributed by atoms with van der Waals surface area (Å²) in [5, 5.41) is 1.32. The van der Waals surface area contributed by atoms with E-state index in [-0.39, 0.29) is 6.79 Å². The molecule has 0 aliphatic carbocycles. The summed E-state index contributed by atoms with van der Waals surface area (Å²) in [5.74, 6) is 1.98. The second-order valence-corrected chi connectivity index (χ2v) is 6.05. The molecule has 110 valence electrons. The van der Waals surface area contributed by atoms with Crippen LogP contribution < -0.4 is 10.5 Å². The number of hydrogen-bond acceptors (Lipinski definition) is 6. The van der Waals surface area contributed by atoms with E-state index in [1.807, 2.05) is 19.1 Å². The maximum absolute atomic E-state index is 6.14. The molecule has 0 bridgehead atoms. The molecule has 1 aromatic heterocycles. The van der Waals surface area contributed by atoms with Gasteiger partial charge in [-0.2, -0.15) is 0 Å². The van der Waals surface area contributed by atoms with Crippen molar-refractivity contribution in [1.82, 2.24) is 9.97 Å². The summed E-state index contributed by atoms with van der Waals surface area (Å²) in [6, 6.07) is 5.51. The van der Waals surface area contributed by atoms with Crippen molar-refractivity contribution in [2.45, 2.75) is 24.4 Å². The van der Waals surface area contributed by atoms with Gasteiger partial charge in [-0.25, -0.2) is 9.97 Å². The van der Waals surface area contributed by atoms with Gasteiger partial charge < -0.3 is 15.2 Å². The number of anilines is 1. The van der Waals surface area contributed by atoms with Crippen LogP contribution in [0, 0.1) is 6.92 Å². The van der Waals surface area contributed by atoms with E-state index in [1.165, 1.54) is 11.8 Å². The van der Waals surface area contributed by atoms with E-state index < -0.39 is 0 Å². The van der Waals surface area contributed by atoms with Gasteiger partial charge in [0.1, 0.15) is 11.6 Å². The summed E-state index contributed by atoms with van der Waals surface area (Å²) in [4.78, 5) is 8.57. The van der Waals surface area contributed by atoms with Crippen molar-refractivity contribution in [2.24, 2.45) is 0 Å². The molecule has 0 atom stereocenters. The van der Waals surface area contributed by atoms with Crippen LogP contribution in [-0.2, 0) is 17.1 Å². The van der Waals surface area contributed by atoms with Crippen LogP contribution in [0.2, 0.25) is 5.02 Å². The Morgan fingerprint density at radius 1 is 1.33 bits per heavy atom. The van der Waals surface area contributed by atoms with Crippen molar-refractivity contribution in [3.63, 3.8) is 0 Å². The van der Waals surface area contributed by atoms with Gasteiger partial charge in [0, 0.05) is 33.7 Å². The molecule has 2 N–H and O–H groups in total. The Hall–Kier alpha value is -1.50. The Kier molecular flexibility index (Phi) is 4.19. The number of nitrogen functional groups attached to an aromatic ring is 1. The molecule has 0 spiro atoms. The fourth-order valence-corrected chi connectivity index (χ4v) is 3.28. The zero-order valence-corrected chi connectivity index (χ0v) is 13.0. The highest BCUT2D eigenvalue weighted by molar-refractivity contribution is 7.98. The summed E-state index contributed by atoms with van der Waals surface area (Å²) in [7, 11) is 0. The zero-order chi connectivity index (χ0) is 14.8. The molecule has 5 nitrogen and oxygen atoms in total. The van der Waals surface area contributed by atoms with Crippen LogP contribution in [0.5, 0.6) is 5.75 Å². The third-order valence-electron chi connectivity index (χ3n) is 2.96. The highest BCUT2D eigenvalue weighted by Crippen LogP contribution is 2.35. The van der Waals surface area contributed by atoms with Gasteiger partial charge in [-0.15, -0.1) is 0 Å². The Balaban J connectivity index is 1.83. The quantitative estimate of drug-likeness (QED) is 0.691. The maximum Gasteiger partial charge on any atom is 0.190 e. The van der Waals surface area contributed by atoms with Gasteiger partial charge in [-0.1, -0.05) is 23.4 Å². The normalized spacial score (nSPS) is 13.6.